The predicted octanol–water partition coefficient (Wildman–Crippen LogP) is 2.69. The second kappa shape index (κ2) is 12.4. The van der Waals surface area contributed by atoms with Crippen molar-refractivity contribution in [2.45, 2.75) is 12.5 Å². The Morgan fingerprint density at radius 2 is 1.60 bits per heavy atom. The Morgan fingerprint density at radius 1 is 0.967 bits per heavy atom. The van der Waals surface area contributed by atoms with Crippen LogP contribution in [0.5, 0.6) is 5.75 Å². The first-order valence-electron chi connectivity index (χ1n) is 9.37. The van der Waals surface area contributed by atoms with Crippen LogP contribution in [0.2, 0.25) is 0 Å². The van der Waals surface area contributed by atoms with E-state index in [2.05, 4.69) is 21.3 Å². The van der Waals surface area contributed by atoms with E-state index in [4.69, 9.17) is 4.74 Å². The first-order chi connectivity index (χ1) is 14.5. The number of ether oxygens (including phenoxy) is 1. The number of para-hydroxylation sites is 1. The van der Waals surface area contributed by atoms with Crippen LogP contribution in [0.3, 0.4) is 0 Å². The van der Waals surface area contributed by atoms with E-state index in [1.807, 2.05) is 24.5 Å². The predicted molar refractivity (Wildman–Crippen MR) is 120 cm³/mol. The van der Waals surface area contributed by atoms with Gasteiger partial charge < -0.3 is 26.0 Å². The number of rotatable bonds is 10. The molecule has 2 aromatic rings. The average Bonchev–Trinajstić information content (AvgIpc) is 2.77. The Labute approximate surface area is 180 Å². The van der Waals surface area contributed by atoms with Gasteiger partial charge in [0.15, 0.2) is 6.61 Å². The van der Waals surface area contributed by atoms with E-state index in [1.165, 1.54) is 7.05 Å². The minimum Gasteiger partial charge on any atom is -0.484 e. The van der Waals surface area contributed by atoms with E-state index in [-0.39, 0.29) is 24.5 Å². The van der Waals surface area contributed by atoms with Crippen molar-refractivity contribution in [1.29, 1.82) is 0 Å². The average molecular weight is 431 g/mol. The number of urea groups is 1. The molecule has 0 heterocycles. The zero-order valence-corrected chi connectivity index (χ0v) is 17.8. The molecule has 2 aromatic carbocycles. The van der Waals surface area contributed by atoms with E-state index in [0.717, 1.165) is 0 Å². The van der Waals surface area contributed by atoms with Gasteiger partial charge in [0.25, 0.3) is 5.91 Å². The summed E-state index contributed by atoms with van der Waals surface area (Å²) >= 11 is 1.59. The van der Waals surface area contributed by atoms with Gasteiger partial charge in [-0.25, -0.2) is 4.79 Å². The zero-order chi connectivity index (χ0) is 21.8. The molecule has 2 rings (SSSR count). The highest BCUT2D eigenvalue weighted by Gasteiger charge is 2.21. The summed E-state index contributed by atoms with van der Waals surface area (Å²) in [6.07, 6.45) is 2.42. The Kier molecular flexibility index (Phi) is 9.53. The third kappa shape index (κ3) is 8.04. The van der Waals surface area contributed by atoms with E-state index in [1.54, 1.807) is 48.2 Å². The summed E-state index contributed by atoms with van der Waals surface area (Å²) in [4.78, 5) is 36.3. The van der Waals surface area contributed by atoms with Gasteiger partial charge in [-0.3, -0.25) is 9.59 Å². The fourth-order valence-corrected chi connectivity index (χ4v) is 2.94. The first-order valence-corrected chi connectivity index (χ1v) is 10.8. The van der Waals surface area contributed by atoms with Gasteiger partial charge in [-0.2, -0.15) is 11.8 Å². The van der Waals surface area contributed by atoms with Gasteiger partial charge in [0.2, 0.25) is 5.91 Å². The van der Waals surface area contributed by atoms with Crippen LogP contribution in [-0.2, 0) is 9.59 Å². The van der Waals surface area contributed by atoms with E-state index in [9.17, 15) is 14.4 Å². The van der Waals surface area contributed by atoms with Gasteiger partial charge in [-0.05, 0) is 54.8 Å². The molecule has 0 aliphatic heterocycles. The van der Waals surface area contributed by atoms with Crippen molar-refractivity contribution in [2.24, 2.45) is 0 Å². The van der Waals surface area contributed by atoms with Crippen LogP contribution in [0.4, 0.5) is 16.2 Å². The second-order valence-electron chi connectivity index (χ2n) is 6.27. The monoisotopic (exact) mass is 430 g/mol. The maximum Gasteiger partial charge on any atom is 0.318 e. The van der Waals surface area contributed by atoms with Crippen molar-refractivity contribution < 1.29 is 19.1 Å². The van der Waals surface area contributed by atoms with Gasteiger partial charge >= 0.3 is 6.03 Å². The van der Waals surface area contributed by atoms with Crippen LogP contribution < -0.4 is 26.0 Å². The summed E-state index contributed by atoms with van der Waals surface area (Å²) in [5.41, 5.74) is 1.16. The molecule has 0 fully saturated rings. The molecular weight excluding hydrogens is 404 g/mol. The summed E-state index contributed by atoms with van der Waals surface area (Å²) in [5, 5.41) is 10.6. The van der Waals surface area contributed by atoms with Crippen LogP contribution in [0.1, 0.15) is 6.42 Å². The topological polar surface area (TPSA) is 109 Å². The van der Waals surface area contributed by atoms with Gasteiger partial charge in [-0.1, -0.05) is 18.2 Å². The summed E-state index contributed by atoms with van der Waals surface area (Å²) in [5.74, 6) is 0.616. The van der Waals surface area contributed by atoms with Crippen LogP contribution in [-0.4, -0.2) is 49.6 Å². The number of benzene rings is 2. The molecule has 0 saturated carbocycles. The lowest BCUT2D eigenvalue weighted by molar-refractivity contribution is -0.127. The molecule has 0 aliphatic rings. The van der Waals surface area contributed by atoms with Crippen LogP contribution in [0.25, 0.3) is 0 Å². The molecule has 0 aromatic heterocycles. The van der Waals surface area contributed by atoms with Gasteiger partial charge in [-0.15, -0.1) is 0 Å². The van der Waals surface area contributed by atoms with E-state index in [0.29, 0.717) is 29.3 Å². The van der Waals surface area contributed by atoms with Crippen LogP contribution in [0.15, 0.2) is 54.6 Å². The number of carbonyl (C=O) groups excluding carboxylic acids is 3. The Bertz CT molecular complexity index is 831. The number of hydrogen-bond acceptors (Lipinski definition) is 5. The smallest absolute Gasteiger partial charge is 0.318 e. The van der Waals surface area contributed by atoms with Gasteiger partial charge in [0.1, 0.15) is 11.8 Å². The van der Waals surface area contributed by atoms with E-state index >= 15 is 0 Å². The third-order valence-electron chi connectivity index (χ3n) is 4.01. The molecule has 4 N–H and O–H groups in total. The highest BCUT2D eigenvalue weighted by atomic mass is 32.2. The third-order valence-corrected chi connectivity index (χ3v) is 4.66. The summed E-state index contributed by atoms with van der Waals surface area (Å²) in [6, 6.07) is 14.7. The number of anilines is 2. The molecule has 1 atom stereocenters. The molecule has 0 saturated heterocycles. The quantitative estimate of drug-likeness (QED) is 0.463. The van der Waals surface area contributed by atoms with Gasteiger partial charge in [0.05, 0.1) is 0 Å². The number of amides is 4. The maximum atomic E-state index is 12.7. The Balaban J connectivity index is 1.91. The van der Waals surface area contributed by atoms with Crippen molar-refractivity contribution in [2.75, 3.05) is 36.3 Å². The lowest BCUT2D eigenvalue weighted by atomic mass is 10.2. The highest BCUT2D eigenvalue weighted by molar-refractivity contribution is 7.98. The van der Waals surface area contributed by atoms with Crippen molar-refractivity contribution in [1.82, 2.24) is 10.6 Å². The van der Waals surface area contributed by atoms with Crippen molar-refractivity contribution in [3.63, 3.8) is 0 Å². The largest absolute Gasteiger partial charge is 0.484 e. The molecule has 0 radical (unpaired) electrons. The van der Waals surface area contributed by atoms with Crippen molar-refractivity contribution >= 4 is 41.0 Å². The molecule has 0 spiro atoms. The highest BCUT2D eigenvalue weighted by Crippen LogP contribution is 2.14. The second-order valence-corrected chi connectivity index (χ2v) is 7.26. The fourth-order valence-electron chi connectivity index (χ4n) is 2.47. The Morgan fingerprint density at radius 3 is 2.20 bits per heavy atom. The lowest BCUT2D eigenvalue weighted by Crippen LogP contribution is -2.45. The molecule has 30 heavy (non-hydrogen) atoms. The summed E-state index contributed by atoms with van der Waals surface area (Å²) < 4.78 is 5.44. The first kappa shape index (κ1) is 23.1. The summed E-state index contributed by atoms with van der Waals surface area (Å²) in [6.45, 7) is -0.174. The number of thioether (sulfide) groups is 1. The lowest BCUT2D eigenvalue weighted by Gasteiger charge is -2.18. The Hall–Kier alpha value is -3.20. The zero-order valence-electron chi connectivity index (χ0n) is 16.9. The van der Waals surface area contributed by atoms with Crippen LogP contribution >= 0.6 is 11.8 Å². The SMILES string of the molecule is CNC(=O)Nc1ccc(NC(=O)C(CCSC)NC(=O)COc2ccccc2)cc1. The molecule has 4 amide bonds. The maximum absolute atomic E-state index is 12.7. The van der Waals surface area contributed by atoms with Gasteiger partial charge in [0, 0.05) is 18.4 Å². The molecule has 9 heteroatoms. The number of nitrogens with one attached hydrogen (secondary N) is 4. The minimum absolute atomic E-state index is 0.174. The molecule has 160 valence electrons. The number of hydrogen-bond donors (Lipinski definition) is 4. The van der Waals surface area contributed by atoms with Crippen molar-refractivity contribution in [3.05, 3.63) is 54.6 Å². The molecular formula is C21H26N4O4S. The van der Waals surface area contributed by atoms with Crippen LogP contribution in [0, 0.1) is 0 Å². The fraction of sp³-hybridized carbons (Fsp3) is 0.286. The van der Waals surface area contributed by atoms with Crippen molar-refractivity contribution in [3.8, 4) is 5.75 Å². The summed E-state index contributed by atoms with van der Waals surface area (Å²) in [7, 11) is 1.53. The molecule has 8 nitrogen and oxygen atoms in total. The standard InChI is InChI=1S/C21H26N4O4S/c1-22-21(28)24-16-10-8-15(9-11-16)23-20(27)18(12-13-30-2)25-19(26)14-29-17-6-4-3-5-7-17/h3-11,18H,12-14H2,1-2H3,(H,23,27)(H,25,26)(H2,22,24,28). The molecule has 0 bridgehead atoms. The number of carbonyl (C=O) groups is 3. The molecule has 0 aliphatic carbocycles. The normalized spacial score (nSPS) is 11.1. The minimum atomic E-state index is -0.687. The van der Waals surface area contributed by atoms with E-state index < -0.39 is 6.04 Å². The molecule has 1 unspecified atom stereocenters.